The molecule has 0 aliphatic heterocycles. The molecule has 176 valence electrons. The predicted octanol–water partition coefficient (Wildman–Crippen LogP) is 3.60. The Balaban J connectivity index is 1.47. The van der Waals surface area contributed by atoms with Crippen LogP contribution >= 0.6 is 11.8 Å². The van der Waals surface area contributed by atoms with E-state index in [0.717, 1.165) is 47.0 Å². The van der Waals surface area contributed by atoms with Crippen molar-refractivity contribution in [2.75, 3.05) is 25.7 Å². The number of benzene rings is 2. The van der Waals surface area contributed by atoms with Gasteiger partial charge in [-0.25, -0.2) is 10.9 Å². The quantitative estimate of drug-likeness (QED) is 0.250. The molecule has 0 bridgehead atoms. The van der Waals surface area contributed by atoms with E-state index in [1.165, 1.54) is 0 Å². The minimum Gasteiger partial charge on any atom is -0.497 e. The standard InChI is InChI=1S/C24H30N4O4S/c1-31-21-11-7-19(8-12-21)17-25-27-23(29)5-3-15-33-16-4-6-24(30)28-26-18-20-9-13-22(32-2)14-10-20/h7-14,17-18H,3-6,15-16H2,1-2H3,(H,27,29)(H,28,30)/b25-17+,26-18?. The van der Waals surface area contributed by atoms with E-state index < -0.39 is 0 Å². The fraction of sp³-hybridized carbons (Fsp3) is 0.333. The van der Waals surface area contributed by atoms with Crippen molar-refractivity contribution in [3.05, 3.63) is 59.7 Å². The summed E-state index contributed by atoms with van der Waals surface area (Å²) < 4.78 is 10.2. The van der Waals surface area contributed by atoms with Crippen LogP contribution < -0.4 is 20.3 Å². The number of amides is 2. The molecule has 0 heterocycles. The number of hydrazone groups is 2. The lowest BCUT2D eigenvalue weighted by Crippen LogP contribution is -2.17. The van der Waals surface area contributed by atoms with E-state index in [2.05, 4.69) is 21.1 Å². The van der Waals surface area contributed by atoms with E-state index in [4.69, 9.17) is 9.47 Å². The lowest BCUT2D eigenvalue weighted by atomic mass is 10.2. The maximum absolute atomic E-state index is 11.8. The first kappa shape index (κ1) is 25.9. The van der Waals surface area contributed by atoms with Gasteiger partial charge in [0, 0.05) is 12.8 Å². The average molecular weight is 471 g/mol. The highest BCUT2D eigenvalue weighted by Gasteiger charge is 2.02. The molecule has 0 aliphatic rings. The zero-order valence-corrected chi connectivity index (χ0v) is 19.8. The number of nitrogens with zero attached hydrogens (tertiary/aromatic N) is 2. The van der Waals surface area contributed by atoms with Crippen LogP contribution in [-0.4, -0.2) is 50.0 Å². The molecule has 0 fully saturated rings. The lowest BCUT2D eigenvalue weighted by molar-refractivity contribution is -0.121. The molecule has 2 N–H and O–H groups in total. The molecule has 0 unspecified atom stereocenters. The number of nitrogens with one attached hydrogen (secondary N) is 2. The Morgan fingerprint density at radius 2 is 1.15 bits per heavy atom. The van der Waals surface area contributed by atoms with Crippen molar-refractivity contribution in [1.82, 2.24) is 10.9 Å². The third-order valence-corrected chi connectivity index (χ3v) is 5.58. The summed E-state index contributed by atoms with van der Waals surface area (Å²) in [7, 11) is 3.22. The molecule has 9 heteroatoms. The van der Waals surface area contributed by atoms with Gasteiger partial charge >= 0.3 is 0 Å². The Labute approximate surface area is 198 Å². The van der Waals surface area contributed by atoms with E-state index >= 15 is 0 Å². The number of rotatable bonds is 14. The molecule has 2 amide bonds. The molecule has 0 aliphatic carbocycles. The highest BCUT2D eigenvalue weighted by molar-refractivity contribution is 7.99. The highest BCUT2D eigenvalue weighted by atomic mass is 32.2. The Hall–Kier alpha value is -3.33. The summed E-state index contributed by atoms with van der Waals surface area (Å²) in [6, 6.07) is 14.8. The summed E-state index contributed by atoms with van der Waals surface area (Å²) in [6.45, 7) is 0. The SMILES string of the molecule is COc1ccc(C=NNC(=O)CCCSCCCC(=O)N/N=C/c2ccc(OC)cc2)cc1. The van der Waals surface area contributed by atoms with Crippen molar-refractivity contribution in [3.8, 4) is 11.5 Å². The Kier molecular flexibility index (Phi) is 12.2. The van der Waals surface area contributed by atoms with E-state index in [1.54, 1.807) is 38.4 Å². The second-order valence-electron chi connectivity index (χ2n) is 6.95. The fourth-order valence-electron chi connectivity index (χ4n) is 2.62. The molecule has 33 heavy (non-hydrogen) atoms. The van der Waals surface area contributed by atoms with Crippen LogP contribution in [0.25, 0.3) is 0 Å². The van der Waals surface area contributed by atoms with Gasteiger partial charge in [-0.3, -0.25) is 9.59 Å². The van der Waals surface area contributed by atoms with Crippen molar-refractivity contribution in [2.24, 2.45) is 10.2 Å². The molecule has 0 saturated carbocycles. The summed E-state index contributed by atoms with van der Waals surface area (Å²) in [4.78, 5) is 23.6. The Morgan fingerprint density at radius 3 is 1.52 bits per heavy atom. The first-order chi connectivity index (χ1) is 16.1. The summed E-state index contributed by atoms with van der Waals surface area (Å²) in [5, 5.41) is 7.93. The second-order valence-corrected chi connectivity index (χ2v) is 8.18. The van der Waals surface area contributed by atoms with Crippen LogP contribution in [0.3, 0.4) is 0 Å². The van der Waals surface area contributed by atoms with Gasteiger partial charge in [0.2, 0.25) is 11.8 Å². The number of thioether (sulfide) groups is 1. The molecule has 0 aromatic heterocycles. The van der Waals surface area contributed by atoms with Crippen LogP contribution in [-0.2, 0) is 9.59 Å². The van der Waals surface area contributed by atoms with Crippen molar-refractivity contribution in [2.45, 2.75) is 25.7 Å². The second kappa shape index (κ2) is 15.5. The first-order valence-corrected chi connectivity index (χ1v) is 11.8. The van der Waals surface area contributed by atoms with Gasteiger partial charge < -0.3 is 9.47 Å². The zero-order chi connectivity index (χ0) is 23.7. The highest BCUT2D eigenvalue weighted by Crippen LogP contribution is 2.11. The van der Waals surface area contributed by atoms with Crippen molar-refractivity contribution in [1.29, 1.82) is 0 Å². The van der Waals surface area contributed by atoms with Crippen LogP contribution in [0.5, 0.6) is 11.5 Å². The van der Waals surface area contributed by atoms with Crippen LogP contribution in [0.2, 0.25) is 0 Å². The normalized spacial score (nSPS) is 11.0. The van der Waals surface area contributed by atoms with E-state index in [1.807, 2.05) is 48.5 Å². The molecule has 8 nitrogen and oxygen atoms in total. The molecular formula is C24H30N4O4S. The van der Waals surface area contributed by atoms with Crippen molar-refractivity contribution >= 4 is 36.0 Å². The number of hydrogen-bond donors (Lipinski definition) is 2. The van der Waals surface area contributed by atoms with Crippen LogP contribution in [0.15, 0.2) is 58.7 Å². The average Bonchev–Trinajstić information content (AvgIpc) is 2.84. The molecule has 2 aromatic rings. The van der Waals surface area contributed by atoms with Crippen LogP contribution in [0, 0.1) is 0 Å². The summed E-state index contributed by atoms with van der Waals surface area (Å²) >= 11 is 1.73. The topological polar surface area (TPSA) is 101 Å². The van der Waals surface area contributed by atoms with Gasteiger partial charge in [0.1, 0.15) is 11.5 Å². The zero-order valence-electron chi connectivity index (χ0n) is 19.0. The van der Waals surface area contributed by atoms with Crippen LogP contribution in [0.4, 0.5) is 0 Å². The largest absolute Gasteiger partial charge is 0.497 e. The molecule has 0 radical (unpaired) electrons. The number of carbonyl (C=O) groups excluding carboxylic acids is 2. The summed E-state index contributed by atoms with van der Waals surface area (Å²) in [6.07, 6.45) is 5.53. The molecule has 0 atom stereocenters. The third kappa shape index (κ3) is 11.2. The van der Waals surface area contributed by atoms with Gasteiger partial charge in [-0.2, -0.15) is 22.0 Å². The van der Waals surface area contributed by atoms with Gasteiger partial charge in [0.05, 0.1) is 26.6 Å². The first-order valence-electron chi connectivity index (χ1n) is 10.6. The van der Waals surface area contributed by atoms with Gasteiger partial charge in [0.25, 0.3) is 0 Å². The Morgan fingerprint density at radius 1 is 0.758 bits per heavy atom. The lowest BCUT2D eigenvalue weighted by Gasteiger charge is -2.02. The number of carbonyl (C=O) groups is 2. The van der Waals surface area contributed by atoms with Gasteiger partial charge in [-0.05, 0) is 84.0 Å². The number of methoxy groups -OCH3 is 2. The van der Waals surface area contributed by atoms with Crippen molar-refractivity contribution < 1.29 is 19.1 Å². The van der Waals surface area contributed by atoms with Gasteiger partial charge in [-0.15, -0.1) is 0 Å². The third-order valence-electron chi connectivity index (χ3n) is 4.42. The summed E-state index contributed by atoms with van der Waals surface area (Å²) in [5.41, 5.74) is 6.82. The van der Waals surface area contributed by atoms with Gasteiger partial charge in [0.15, 0.2) is 0 Å². The van der Waals surface area contributed by atoms with Gasteiger partial charge in [-0.1, -0.05) is 0 Å². The predicted molar refractivity (Wildman–Crippen MR) is 133 cm³/mol. The number of hydrogen-bond acceptors (Lipinski definition) is 7. The number of ether oxygens (including phenoxy) is 2. The molecule has 0 saturated heterocycles. The summed E-state index contributed by atoms with van der Waals surface area (Å²) in [5.74, 6) is 3.02. The van der Waals surface area contributed by atoms with Crippen molar-refractivity contribution in [3.63, 3.8) is 0 Å². The Bertz CT molecular complexity index is 840. The minimum atomic E-state index is -0.116. The van der Waals surface area contributed by atoms with E-state index in [-0.39, 0.29) is 11.8 Å². The molecule has 0 spiro atoms. The van der Waals surface area contributed by atoms with E-state index in [9.17, 15) is 9.59 Å². The molecule has 2 aromatic carbocycles. The van der Waals surface area contributed by atoms with Crippen LogP contribution in [0.1, 0.15) is 36.8 Å². The molecular weight excluding hydrogens is 440 g/mol. The monoisotopic (exact) mass is 470 g/mol. The maximum atomic E-state index is 11.8. The molecule has 2 rings (SSSR count). The van der Waals surface area contributed by atoms with E-state index in [0.29, 0.717) is 12.8 Å². The fourth-order valence-corrected chi connectivity index (χ4v) is 3.52. The maximum Gasteiger partial charge on any atom is 0.240 e. The smallest absolute Gasteiger partial charge is 0.240 e. The minimum absolute atomic E-state index is 0.116.